The van der Waals surface area contributed by atoms with Crippen molar-refractivity contribution in [3.8, 4) is 0 Å². The highest BCUT2D eigenvalue weighted by Gasteiger charge is 2.45. The molecule has 0 aliphatic heterocycles. The van der Waals surface area contributed by atoms with Crippen LogP contribution in [0.4, 0.5) is 11.4 Å². The zero-order valence-corrected chi connectivity index (χ0v) is 10.6. The summed E-state index contributed by atoms with van der Waals surface area (Å²) in [5, 5.41) is 5.64. The van der Waals surface area contributed by atoms with E-state index in [0.717, 1.165) is 25.7 Å². The van der Waals surface area contributed by atoms with Crippen molar-refractivity contribution in [1.29, 1.82) is 0 Å². The van der Waals surface area contributed by atoms with Crippen LogP contribution in [-0.4, -0.2) is 17.4 Å². The number of hydrogen-bond donors (Lipinski definition) is 3. The summed E-state index contributed by atoms with van der Waals surface area (Å²) in [4.78, 5) is 23.5. The molecule has 4 N–H and O–H groups in total. The molecule has 0 heterocycles. The second-order valence-electron chi connectivity index (χ2n) is 5.45. The lowest BCUT2D eigenvalue weighted by molar-refractivity contribution is -0.118. The highest BCUT2D eigenvalue weighted by atomic mass is 16.2. The number of carbonyl (C=O) groups is 2. The average Bonchev–Trinajstić information content (AvgIpc) is 3.24. The molecule has 1 aromatic rings. The molecule has 2 saturated carbocycles. The molecule has 0 bridgehead atoms. The molecule has 0 atom stereocenters. The standard InChI is InChI=1S/C14H17N3O2/c15-14(6-7-14)13(19)17-11-3-1-2-10(8-11)16-12(18)9-4-5-9/h1-3,8-9H,4-7,15H2,(H,16,18)(H,17,19). The average molecular weight is 259 g/mol. The quantitative estimate of drug-likeness (QED) is 0.765. The van der Waals surface area contributed by atoms with Crippen molar-refractivity contribution in [1.82, 2.24) is 0 Å². The van der Waals surface area contributed by atoms with Gasteiger partial charge in [0.25, 0.3) is 0 Å². The molecule has 0 aromatic heterocycles. The van der Waals surface area contributed by atoms with Gasteiger partial charge in [0.05, 0.1) is 5.54 Å². The maximum Gasteiger partial charge on any atom is 0.244 e. The van der Waals surface area contributed by atoms with Gasteiger partial charge in [-0.3, -0.25) is 9.59 Å². The van der Waals surface area contributed by atoms with Crippen LogP contribution in [0.25, 0.3) is 0 Å². The predicted octanol–water partition coefficient (Wildman–Crippen LogP) is 1.46. The fraction of sp³-hybridized carbons (Fsp3) is 0.429. The highest BCUT2D eigenvalue weighted by molar-refractivity contribution is 6.01. The summed E-state index contributed by atoms with van der Waals surface area (Å²) >= 11 is 0. The second-order valence-corrected chi connectivity index (χ2v) is 5.45. The Morgan fingerprint density at radius 3 is 2.37 bits per heavy atom. The summed E-state index contributed by atoms with van der Waals surface area (Å²) in [7, 11) is 0. The number of nitrogens with two attached hydrogens (primary N) is 1. The first-order valence-corrected chi connectivity index (χ1v) is 6.58. The Morgan fingerprint density at radius 2 is 1.79 bits per heavy atom. The van der Waals surface area contributed by atoms with Crippen LogP contribution in [-0.2, 0) is 9.59 Å². The fourth-order valence-electron chi connectivity index (χ4n) is 1.88. The van der Waals surface area contributed by atoms with Crippen molar-refractivity contribution in [3.63, 3.8) is 0 Å². The normalized spacial score (nSPS) is 19.6. The van der Waals surface area contributed by atoms with Crippen molar-refractivity contribution in [3.05, 3.63) is 24.3 Å². The molecule has 0 saturated heterocycles. The molecular weight excluding hydrogens is 242 g/mol. The summed E-state index contributed by atoms with van der Waals surface area (Å²) in [5.41, 5.74) is 6.50. The van der Waals surface area contributed by atoms with E-state index in [1.165, 1.54) is 0 Å². The smallest absolute Gasteiger partial charge is 0.244 e. The van der Waals surface area contributed by atoms with Gasteiger partial charge in [0.2, 0.25) is 11.8 Å². The molecular formula is C14H17N3O2. The largest absolute Gasteiger partial charge is 0.326 e. The van der Waals surface area contributed by atoms with E-state index >= 15 is 0 Å². The fourth-order valence-corrected chi connectivity index (χ4v) is 1.88. The van der Waals surface area contributed by atoms with Crippen LogP contribution in [0.15, 0.2) is 24.3 Å². The van der Waals surface area contributed by atoms with Crippen LogP contribution >= 0.6 is 0 Å². The molecule has 3 rings (SSSR count). The van der Waals surface area contributed by atoms with E-state index < -0.39 is 5.54 Å². The third kappa shape index (κ3) is 2.76. The van der Waals surface area contributed by atoms with Gasteiger partial charge in [-0.1, -0.05) is 6.07 Å². The molecule has 1 aromatic carbocycles. The Bertz CT molecular complexity index is 533. The Kier molecular flexibility index (Phi) is 2.78. The first kappa shape index (κ1) is 12.2. The van der Waals surface area contributed by atoms with Gasteiger partial charge in [-0.05, 0) is 43.9 Å². The summed E-state index contributed by atoms with van der Waals surface area (Å²) < 4.78 is 0. The first-order chi connectivity index (χ1) is 9.07. The highest BCUT2D eigenvalue weighted by Crippen LogP contribution is 2.34. The van der Waals surface area contributed by atoms with Crippen molar-refractivity contribution in [2.75, 3.05) is 10.6 Å². The van der Waals surface area contributed by atoms with Crippen LogP contribution in [0.5, 0.6) is 0 Å². The number of amides is 2. The van der Waals surface area contributed by atoms with E-state index in [1.54, 1.807) is 18.2 Å². The molecule has 2 aliphatic carbocycles. The van der Waals surface area contributed by atoms with E-state index in [9.17, 15) is 9.59 Å². The van der Waals surface area contributed by atoms with Crippen LogP contribution in [0.3, 0.4) is 0 Å². The summed E-state index contributed by atoms with van der Waals surface area (Å²) in [5.74, 6) is 0.0659. The Hall–Kier alpha value is -1.88. The number of carbonyl (C=O) groups excluding carboxylic acids is 2. The van der Waals surface area contributed by atoms with Crippen molar-refractivity contribution in [2.45, 2.75) is 31.2 Å². The summed E-state index contributed by atoms with van der Waals surface area (Å²) in [6.45, 7) is 0. The second kappa shape index (κ2) is 4.35. The molecule has 0 unspecified atom stereocenters. The maximum absolute atomic E-state index is 11.8. The molecule has 2 aliphatic rings. The molecule has 5 nitrogen and oxygen atoms in total. The monoisotopic (exact) mass is 259 g/mol. The minimum absolute atomic E-state index is 0.0564. The molecule has 19 heavy (non-hydrogen) atoms. The number of anilines is 2. The topological polar surface area (TPSA) is 84.2 Å². The van der Waals surface area contributed by atoms with Gasteiger partial charge >= 0.3 is 0 Å². The third-order valence-electron chi connectivity index (χ3n) is 3.58. The summed E-state index contributed by atoms with van der Waals surface area (Å²) in [6.07, 6.45) is 3.41. The lowest BCUT2D eigenvalue weighted by Gasteiger charge is -2.11. The third-order valence-corrected chi connectivity index (χ3v) is 3.58. The van der Waals surface area contributed by atoms with Crippen molar-refractivity contribution >= 4 is 23.2 Å². The lowest BCUT2D eigenvalue weighted by Crippen LogP contribution is -2.37. The van der Waals surface area contributed by atoms with Crippen molar-refractivity contribution in [2.24, 2.45) is 11.7 Å². The maximum atomic E-state index is 11.8. The van der Waals surface area contributed by atoms with Crippen LogP contribution in [0, 0.1) is 5.92 Å². The van der Waals surface area contributed by atoms with Gasteiger partial charge < -0.3 is 16.4 Å². The molecule has 0 spiro atoms. The number of rotatable bonds is 4. The predicted molar refractivity (Wildman–Crippen MR) is 72.6 cm³/mol. The van der Waals surface area contributed by atoms with Crippen molar-refractivity contribution < 1.29 is 9.59 Å². The van der Waals surface area contributed by atoms with E-state index in [2.05, 4.69) is 10.6 Å². The number of hydrogen-bond acceptors (Lipinski definition) is 3. The van der Waals surface area contributed by atoms with E-state index in [1.807, 2.05) is 6.07 Å². The zero-order chi connectivity index (χ0) is 13.5. The van der Waals surface area contributed by atoms with Gasteiger partial charge in [0.15, 0.2) is 0 Å². The van der Waals surface area contributed by atoms with Crippen LogP contribution in [0.2, 0.25) is 0 Å². The van der Waals surface area contributed by atoms with Gasteiger partial charge in [-0.2, -0.15) is 0 Å². The Morgan fingerprint density at radius 1 is 1.16 bits per heavy atom. The van der Waals surface area contributed by atoms with Gasteiger partial charge in [0.1, 0.15) is 0 Å². The van der Waals surface area contributed by atoms with Crippen LogP contribution in [0.1, 0.15) is 25.7 Å². The Balaban J connectivity index is 1.65. The molecule has 5 heteroatoms. The molecule has 2 amide bonds. The number of nitrogens with one attached hydrogen (secondary N) is 2. The first-order valence-electron chi connectivity index (χ1n) is 6.58. The Labute approximate surface area is 111 Å². The molecule has 100 valence electrons. The van der Waals surface area contributed by atoms with E-state index in [4.69, 9.17) is 5.73 Å². The zero-order valence-electron chi connectivity index (χ0n) is 10.6. The van der Waals surface area contributed by atoms with E-state index in [0.29, 0.717) is 11.4 Å². The lowest BCUT2D eigenvalue weighted by atomic mass is 10.2. The number of benzene rings is 1. The SMILES string of the molecule is NC1(C(=O)Nc2cccc(NC(=O)C3CC3)c2)CC1. The van der Waals surface area contributed by atoms with Gasteiger partial charge in [-0.15, -0.1) is 0 Å². The van der Waals surface area contributed by atoms with Gasteiger partial charge in [0, 0.05) is 17.3 Å². The van der Waals surface area contributed by atoms with Crippen LogP contribution < -0.4 is 16.4 Å². The van der Waals surface area contributed by atoms with E-state index in [-0.39, 0.29) is 17.7 Å². The molecule has 0 radical (unpaired) electrons. The molecule has 2 fully saturated rings. The summed E-state index contributed by atoms with van der Waals surface area (Å²) in [6, 6.07) is 7.15. The minimum Gasteiger partial charge on any atom is -0.326 e. The minimum atomic E-state index is -0.687. The van der Waals surface area contributed by atoms with Gasteiger partial charge in [-0.25, -0.2) is 0 Å².